The van der Waals surface area contributed by atoms with Gasteiger partial charge in [0.1, 0.15) is 0 Å². The fourth-order valence-electron chi connectivity index (χ4n) is 1.27. The summed E-state index contributed by atoms with van der Waals surface area (Å²) in [6, 6.07) is 2.80. The molecule has 0 saturated carbocycles. The summed E-state index contributed by atoms with van der Waals surface area (Å²) in [7, 11) is 0. The van der Waals surface area contributed by atoms with E-state index in [-0.39, 0.29) is 12.5 Å². The number of nitrogens with one attached hydrogen (secondary N) is 2. The van der Waals surface area contributed by atoms with Gasteiger partial charge >= 0.3 is 6.03 Å². The normalized spacial score (nSPS) is 10.6. The monoisotopic (exact) mass is 279 g/mol. The smallest absolute Gasteiger partial charge is 0.318 e. The quantitative estimate of drug-likeness (QED) is 0.426. The van der Waals surface area contributed by atoms with Crippen LogP contribution in [0.1, 0.15) is 5.69 Å². The number of hydrogen-bond acceptors (Lipinski definition) is 3. The minimum absolute atomic E-state index is 0.234. The van der Waals surface area contributed by atoms with Gasteiger partial charge in [-0.2, -0.15) is 0 Å². The second-order valence-corrected chi connectivity index (χ2v) is 3.87. The summed E-state index contributed by atoms with van der Waals surface area (Å²) in [5.74, 6) is 2.60. The SMILES string of the molecule is C#CCNC(=NCCc1ncccc1Cl)NC(N)=O. The zero-order valence-corrected chi connectivity index (χ0v) is 10.9. The first kappa shape index (κ1) is 14.8. The Hall–Kier alpha value is -2.26. The van der Waals surface area contributed by atoms with Crippen molar-refractivity contribution in [1.82, 2.24) is 15.6 Å². The molecule has 1 aromatic heterocycles. The van der Waals surface area contributed by atoms with Gasteiger partial charge in [0.2, 0.25) is 0 Å². The van der Waals surface area contributed by atoms with E-state index in [1.54, 1.807) is 18.3 Å². The van der Waals surface area contributed by atoms with Crippen LogP contribution in [0.15, 0.2) is 23.3 Å². The fraction of sp³-hybridized carbons (Fsp3) is 0.250. The molecule has 0 aliphatic carbocycles. The first-order chi connectivity index (χ1) is 9.13. The highest BCUT2D eigenvalue weighted by molar-refractivity contribution is 6.31. The number of nitrogens with two attached hydrogens (primary N) is 1. The number of halogens is 1. The highest BCUT2D eigenvalue weighted by atomic mass is 35.5. The summed E-state index contributed by atoms with van der Waals surface area (Å²) in [5.41, 5.74) is 5.76. The molecule has 0 aromatic carbocycles. The molecule has 1 rings (SSSR count). The summed E-state index contributed by atoms with van der Waals surface area (Å²) in [4.78, 5) is 19.0. The first-order valence-electron chi connectivity index (χ1n) is 5.51. The van der Waals surface area contributed by atoms with Crippen LogP contribution in [-0.4, -0.2) is 30.1 Å². The van der Waals surface area contributed by atoms with E-state index in [1.165, 1.54) is 0 Å². The molecule has 1 aromatic rings. The van der Waals surface area contributed by atoms with Crippen LogP contribution in [0.25, 0.3) is 0 Å². The van der Waals surface area contributed by atoms with Gasteiger partial charge in [-0.3, -0.25) is 15.3 Å². The Morgan fingerprint density at radius 2 is 2.42 bits per heavy atom. The molecule has 0 saturated heterocycles. The molecule has 100 valence electrons. The molecule has 2 amide bonds. The zero-order chi connectivity index (χ0) is 14.1. The summed E-state index contributed by atoms with van der Waals surface area (Å²) >= 11 is 5.96. The molecule has 1 heterocycles. The van der Waals surface area contributed by atoms with Gasteiger partial charge in [0, 0.05) is 19.2 Å². The molecule has 0 fully saturated rings. The number of guanidine groups is 1. The summed E-state index contributed by atoms with van der Waals surface area (Å²) in [6.45, 7) is 0.632. The van der Waals surface area contributed by atoms with Crippen LogP contribution in [0.4, 0.5) is 4.79 Å². The van der Waals surface area contributed by atoms with E-state index in [2.05, 4.69) is 26.5 Å². The summed E-state index contributed by atoms with van der Waals surface area (Å²) in [5, 5.41) is 5.68. The Balaban J connectivity index is 2.58. The standard InChI is InChI=1S/C12H14ClN5O/c1-2-6-16-12(18-11(14)19)17-8-5-10-9(13)4-3-7-15-10/h1,3-4,7H,5-6,8H2,(H4,14,16,17,18,19). The van der Waals surface area contributed by atoms with Crippen molar-refractivity contribution in [2.45, 2.75) is 6.42 Å². The van der Waals surface area contributed by atoms with E-state index in [0.717, 1.165) is 5.69 Å². The number of amides is 2. The lowest BCUT2D eigenvalue weighted by molar-refractivity contribution is 0.253. The number of hydrogen-bond donors (Lipinski definition) is 3. The Labute approximate surface area is 116 Å². The number of rotatable bonds is 4. The topological polar surface area (TPSA) is 92.4 Å². The van der Waals surface area contributed by atoms with Crippen molar-refractivity contribution in [3.63, 3.8) is 0 Å². The van der Waals surface area contributed by atoms with Crippen LogP contribution in [-0.2, 0) is 6.42 Å². The second-order valence-electron chi connectivity index (χ2n) is 3.46. The lowest BCUT2D eigenvalue weighted by atomic mass is 10.3. The number of aliphatic imine (C=N–C) groups is 1. The Bertz CT molecular complexity index is 509. The molecular formula is C12H14ClN5O. The van der Waals surface area contributed by atoms with Crippen molar-refractivity contribution in [3.8, 4) is 12.3 Å². The number of carbonyl (C=O) groups is 1. The number of terminal acetylenes is 1. The highest BCUT2D eigenvalue weighted by Crippen LogP contribution is 2.12. The van der Waals surface area contributed by atoms with Crippen molar-refractivity contribution in [2.24, 2.45) is 10.7 Å². The Morgan fingerprint density at radius 1 is 1.63 bits per heavy atom. The third-order valence-corrected chi connectivity index (χ3v) is 2.40. The van der Waals surface area contributed by atoms with E-state index < -0.39 is 6.03 Å². The van der Waals surface area contributed by atoms with Crippen LogP contribution in [0.5, 0.6) is 0 Å². The van der Waals surface area contributed by atoms with Gasteiger partial charge in [0.25, 0.3) is 0 Å². The molecule has 0 aliphatic rings. The summed E-state index contributed by atoms with van der Waals surface area (Å²) in [6.07, 6.45) is 7.31. The molecule has 6 nitrogen and oxygen atoms in total. The van der Waals surface area contributed by atoms with E-state index in [4.69, 9.17) is 23.8 Å². The van der Waals surface area contributed by atoms with Gasteiger partial charge in [-0.05, 0) is 12.1 Å². The molecule has 0 aliphatic heterocycles. The third kappa shape index (κ3) is 5.75. The van der Waals surface area contributed by atoms with Gasteiger partial charge in [-0.25, -0.2) is 4.79 Å². The Morgan fingerprint density at radius 3 is 3.05 bits per heavy atom. The van der Waals surface area contributed by atoms with E-state index in [1.807, 2.05) is 0 Å². The molecule has 0 spiro atoms. The summed E-state index contributed by atoms with van der Waals surface area (Å²) < 4.78 is 0. The molecule has 0 atom stereocenters. The van der Waals surface area contributed by atoms with Gasteiger partial charge in [0.15, 0.2) is 5.96 Å². The largest absolute Gasteiger partial charge is 0.351 e. The predicted molar refractivity (Wildman–Crippen MR) is 74.8 cm³/mol. The molecule has 0 radical (unpaired) electrons. The van der Waals surface area contributed by atoms with Gasteiger partial charge in [-0.1, -0.05) is 17.5 Å². The van der Waals surface area contributed by atoms with Crippen LogP contribution >= 0.6 is 11.6 Å². The maximum Gasteiger partial charge on any atom is 0.318 e. The number of nitrogens with zero attached hydrogens (tertiary/aromatic N) is 2. The molecular weight excluding hydrogens is 266 g/mol. The lowest BCUT2D eigenvalue weighted by Gasteiger charge is -2.07. The average molecular weight is 280 g/mol. The maximum atomic E-state index is 10.8. The molecule has 7 heteroatoms. The highest BCUT2D eigenvalue weighted by Gasteiger charge is 2.02. The predicted octanol–water partition coefficient (Wildman–Crippen LogP) is 0.525. The van der Waals surface area contributed by atoms with E-state index in [0.29, 0.717) is 18.0 Å². The number of pyridine rings is 1. The number of aromatic nitrogens is 1. The maximum absolute atomic E-state index is 10.8. The number of primary amides is 1. The van der Waals surface area contributed by atoms with Crippen LogP contribution < -0.4 is 16.4 Å². The minimum atomic E-state index is -0.709. The lowest BCUT2D eigenvalue weighted by Crippen LogP contribution is -2.44. The second kappa shape index (κ2) is 7.95. The van der Waals surface area contributed by atoms with E-state index >= 15 is 0 Å². The molecule has 19 heavy (non-hydrogen) atoms. The molecule has 0 bridgehead atoms. The van der Waals surface area contributed by atoms with Crippen molar-refractivity contribution < 1.29 is 4.79 Å². The van der Waals surface area contributed by atoms with Crippen molar-refractivity contribution in [1.29, 1.82) is 0 Å². The van der Waals surface area contributed by atoms with Gasteiger partial charge in [0.05, 0.1) is 17.3 Å². The molecule has 0 unspecified atom stereocenters. The number of carbonyl (C=O) groups excluding carboxylic acids is 1. The third-order valence-electron chi connectivity index (χ3n) is 2.05. The van der Waals surface area contributed by atoms with Crippen LogP contribution in [0.3, 0.4) is 0 Å². The number of urea groups is 1. The van der Waals surface area contributed by atoms with Crippen molar-refractivity contribution >= 4 is 23.6 Å². The zero-order valence-electron chi connectivity index (χ0n) is 10.2. The van der Waals surface area contributed by atoms with Gasteiger partial charge in [-0.15, -0.1) is 6.42 Å². The van der Waals surface area contributed by atoms with Crippen molar-refractivity contribution in [3.05, 3.63) is 29.0 Å². The van der Waals surface area contributed by atoms with E-state index in [9.17, 15) is 4.79 Å². The fourth-order valence-corrected chi connectivity index (χ4v) is 1.48. The van der Waals surface area contributed by atoms with Crippen LogP contribution in [0.2, 0.25) is 5.02 Å². The van der Waals surface area contributed by atoms with Crippen molar-refractivity contribution in [2.75, 3.05) is 13.1 Å². The first-order valence-corrected chi connectivity index (χ1v) is 5.89. The average Bonchev–Trinajstić information content (AvgIpc) is 2.37. The molecule has 4 N–H and O–H groups in total. The Kier molecular flexibility index (Phi) is 6.19. The minimum Gasteiger partial charge on any atom is -0.351 e. The van der Waals surface area contributed by atoms with Gasteiger partial charge < -0.3 is 11.1 Å². The van der Waals surface area contributed by atoms with Crippen LogP contribution in [0, 0.1) is 12.3 Å².